The van der Waals surface area contributed by atoms with Crippen molar-refractivity contribution >= 4 is 17.3 Å². The Morgan fingerprint density at radius 2 is 2.38 bits per heavy atom. The van der Waals surface area contributed by atoms with E-state index < -0.39 is 0 Å². The Kier molecular flexibility index (Phi) is 3.97. The largest absolute Gasteiger partial charge is 0.405 e. The van der Waals surface area contributed by atoms with Gasteiger partial charge in [-0.15, -0.1) is 0 Å². The van der Waals surface area contributed by atoms with Gasteiger partial charge in [0.15, 0.2) is 5.11 Å². The van der Waals surface area contributed by atoms with E-state index in [2.05, 4.69) is 17.5 Å². The zero-order valence-corrected chi connectivity index (χ0v) is 5.24. The summed E-state index contributed by atoms with van der Waals surface area (Å²) in [6.07, 6.45) is 3.16. The van der Waals surface area contributed by atoms with Crippen LogP contribution >= 0.6 is 12.2 Å². The molecule has 0 bridgehead atoms. The lowest BCUT2D eigenvalue weighted by Crippen LogP contribution is -2.28. The second kappa shape index (κ2) is 4.39. The summed E-state index contributed by atoms with van der Waals surface area (Å²) in [4.78, 5) is 0. The van der Waals surface area contributed by atoms with Crippen molar-refractivity contribution in [3.8, 4) is 0 Å². The number of nitrogens with two attached hydrogens (primary N) is 2. The van der Waals surface area contributed by atoms with Gasteiger partial charge in [0.05, 0.1) is 0 Å². The highest BCUT2D eigenvalue weighted by Gasteiger charge is 1.77. The summed E-state index contributed by atoms with van der Waals surface area (Å²) < 4.78 is 0. The highest BCUT2D eigenvalue weighted by molar-refractivity contribution is 7.80. The van der Waals surface area contributed by atoms with Gasteiger partial charge in [-0.05, 0) is 24.5 Å². The molecule has 0 spiro atoms. The molecule has 0 aromatic heterocycles. The summed E-state index contributed by atoms with van der Waals surface area (Å²) in [6.45, 7) is 0.603. The molecule has 0 saturated heterocycles. The molecule has 3 nitrogen and oxygen atoms in total. The Labute approximate surface area is 53.7 Å². The summed E-state index contributed by atoms with van der Waals surface area (Å²) in [6, 6.07) is 0. The molecule has 0 amide bonds. The van der Waals surface area contributed by atoms with Crippen LogP contribution in [0.25, 0.3) is 0 Å². The van der Waals surface area contributed by atoms with Gasteiger partial charge >= 0.3 is 0 Å². The molecule has 8 heavy (non-hydrogen) atoms. The predicted octanol–water partition coefficient (Wildman–Crippen LogP) is -0.708. The van der Waals surface area contributed by atoms with Gasteiger partial charge in [0.2, 0.25) is 0 Å². The zero-order valence-electron chi connectivity index (χ0n) is 4.42. The average Bonchev–Trinajstić information content (AvgIpc) is 1.66. The molecular formula is C4H9N3S. The minimum Gasteiger partial charge on any atom is -0.405 e. The maximum absolute atomic E-state index is 5.08. The molecule has 0 radical (unpaired) electrons. The lowest BCUT2D eigenvalue weighted by atomic mass is 10.6. The van der Waals surface area contributed by atoms with Crippen molar-refractivity contribution in [2.45, 2.75) is 0 Å². The Balaban J connectivity index is 3.05. The monoisotopic (exact) mass is 131 g/mol. The van der Waals surface area contributed by atoms with E-state index in [1.165, 1.54) is 6.20 Å². The summed E-state index contributed by atoms with van der Waals surface area (Å²) >= 11 is 4.50. The van der Waals surface area contributed by atoms with E-state index in [0.29, 0.717) is 11.7 Å². The first-order chi connectivity index (χ1) is 3.77. The van der Waals surface area contributed by atoms with E-state index in [0.717, 1.165) is 0 Å². The Hall–Kier alpha value is -0.770. The normalized spacial score (nSPS) is 9.50. The first kappa shape index (κ1) is 7.23. The highest BCUT2D eigenvalue weighted by atomic mass is 32.1. The minimum absolute atomic E-state index is 0.295. The van der Waals surface area contributed by atoms with Crippen LogP contribution < -0.4 is 16.8 Å². The molecule has 0 saturated carbocycles. The first-order valence-electron chi connectivity index (χ1n) is 2.17. The molecule has 0 aliphatic carbocycles. The average molecular weight is 131 g/mol. The minimum atomic E-state index is 0.295. The molecule has 0 aliphatic heterocycles. The summed E-state index contributed by atoms with van der Waals surface area (Å²) in [5.74, 6) is 0. The van der Waals surface area contributed by atoms with Crippen LogP contribution in [0.1, 0.15) is 0 Å². The summed E-state index contributed by atoms with van der Waals surface area (Å²) in [5.41, 5.74) is 10.1. The Morgan fingerprint density at radius 1 is 1.75 bits per heavy atom. The van der Waals surface area contributed by atoms with Gasteiger partial charge in [-0.3, -0.25) is 0 Å². The van der Waals surface area contributed by atoms with Crippen LogP contribution in [0.5, 0.6) is 0 Å². The number of hydrogen-bond acceptors (Lipinski definition) is 2. The van der Waals surface area contributed by atoms with Crippen molar-refractivity contribution in [2.75, 3.05) is 6.54 Å². The van der Waals surface area contributed by atoms with E-state index in [9.17, 15) is 0 Å². The smallest absolute Gasteiger partial charge is 0.163 e. The molecule has 0 aromatic carbocycles. The zero-order chi connectivity index (χ0) is 6.41. The summed E-state index contributed by atoms with van der Waals surface area (Å²) in [7, 11) is 0. The topological polar surface area (TPSA) is 64.1 Å². The van der Waals surface area contributed by atoms with Crippen LogP contribution in [0, 0.1) is 0 Å². The molecule has 0 aromatic rings. The second-order valence-corrected chi connectivity index (χ2v) is 1.61. The van der Waals surface area contributed by atoms with Crippen LogP contribution in [0.2, 0.25) is 0 Å². The quantitative estimate of drug-likeness (QED) is 0.433. The van der Waals surface area contributed by atoms with Gasteiger partial charge < -0.3 is 16.8 Å². The van der Waals surface area contributed by atoms with Crippen molar-refractivity contribution in [1.82, 2.24) is 5.32 Å². The van der Waals surface area contributed by atoms with Crippen molar-refractivity contribution in [3.05, 3.63) is 12.3 Å². The molecule has 4 heteroatoms. The van der Waals surface area contributed by atoms with Crippen LogP contribution in [0.3, 0.4) is 0 Å². The fourth-order valence-corrected chi connectivity index (χ4v) is 0.311. The van der Waals surface area contributed by atoms with E-state index in [4.69, 9.17) is 11.5 Å². The van der Waals surface area contributed by atoms with E-state index in [-0.39, 0.29) is 0 Å². The maximum atomic E-state index is 5.08. The highest BCUT2D eigenvalue weighted by Crippen LogP contribution is 1.60. The number of hydrogen-bond donors (Lipinski definition) is 3. The second-order valence-electron chi connectivity index (χ2n) is 1.17. The molecule has 0 unspecified atom stereocenters. The third-order valence-corrected chi connectivity index (χ3v) is 0.675. The van der Waals surface area contributed by atoms with Crippen molar-refractivity contribution < 1.29 is 0 Å². The van der Waals surface area contributed by atoms with Crippen LogP contribution in [-0.4, -0.2) is 11.7 Å². The molecular weight excluding hydrogens is 122 g/mol. The van der Waals surface area contributed by atoms with Crippen LogP contribution in [0.15, 0.2) is 12.3 Å². The van der Waals surface area contributed by atoms with Gasteiger partial charge in [-0.1, -0.05) is 0 Å². The van der Waals surface area contributed by atoms with Crippen molar-refractivity contribution in [3.63, 3.8) is 0 Å². The molecule has 0 atom stereocenters. The third-order valence-electron chi connectivity index (χ3n) is 0.530. The van der Waals surface area contributed by atoms with Crippen LogP contribution in [0.4, 0.5) is 0 Å². The lowest BCUT2D eigenvalue weighted by Gasteiger charge is -1.94. The van der Waals surface area contributed by atoms with E-state index >= 15 is 0 Å². The fourth-order valence-electron chi connectivity index (χ4n) is 0.228. The molecule has 0 fully saturated rings. The Morgan fingerprint density at radius 3 is 2.75 bits per heavy atom. The molecule has 0 aliphatic rings. The fraction of sp³-hybridized carbons (Fsp3) is 0.250. The van der Waals surface area contributed by atoms with Gasteiger partial charge in [0.1, 0.15) is 0 Å². The van der Waals surface area contributed by atoms with Crippen molar-refractivity contribution in [1.29, 1.82) is 0 Å². The van der Waals surface area contributed by atoms with E-state index in [1.807, 2.05) is 0 Å². The summed E-state index contributed by atoms with van der Waals surface area (Å²) in [5, 5.41) is 2.98. The van der Waals surface area contributed by atoms with Crippen molar-refractivity contribution in [2.24, 2.45) is 11.5 Å². The van der Waals surface area contributed by atoms with Gasteiger partial charge in [0.25, 0.3) is 0 Å². The number of rotatable bonds is 2. The van der Waals surface area contributed by atoms with Gasteiger partial charge in [-0.2, -0.15) is 0 Å². The molecule has 0 heterocycles. The standard InChI is InChI=1S/C4H9N3S/c5-2-1-3-7-4(6)8/h1-2H,3,5H2,(H3,6,7,8). The van der Waals surface area contributed by atoms with Gasteiger partial charge in [-0.25, -0.2) is 0 Å². The number of nitrogens with one attached hydrogen (secondary N) is 1. The lowest BCUT2D eigenvalue weighted by molar-refractivity contribution is 1.05. The van der Waals surface area contributed by atoms with E-state index in [1.54, 1.807) is 6.08 Å². The van der Waals surface area contributed by atoms with Crippen LogP contribution in [-0.2, 0) is 0 Å². The molecule has 0 rings (SSSR count). The Bertz CT molecular complexity index is 99.5. The number of thiocarbonyl (C=S) groups is 1. The predicted molar refractivity (Wildman–Crippen MR) is 38.1 cm³/mol. The first-order valence-corrected chi connectivity index (χ1v) is 2.58. The third kappa shape index (κ3) is 5.23. The molecule has 46 valence electrons. The maximum Gasteiger partial charge on any atom is 0.163 e. The van der Waals surface area contributed by atoms with Gasteiger partial charge in [0, 0.05) is 6.54 Å². The SMILES string of the molecule is NC=CCNC(N)=S. The molecule has 5 N–H and O–H groups in total.